The molecule has 0 radical (unpaired) electrons. The molecule has 1 aliphatic carbocycles. The van der Waals surface area contributed by atoms with Crippen LogP contribution in [-0.2, 0) is 17.8 Å². The van der Waals surface area contributed by atoms with Crippen molar-refractivity contribution in [3.63, 3.8) is 0 Å². The van der Waals surface area contributed by atoms with Gasteiger partial charge in [0.2, 0.25) is 0 Å². The lowest BCUT2D eigenvalue weighted by atomic mass is 9.81. The summed E-state index contributed by atoms with van der Waals surface area (Å²) in [5.41, 5.74) is 4.70. The molecule has 0 spiro atoms. The maximum Gasteiger partial charge on any atom is 0.408 e. The lowest BCUT2D eigenvalue weighted by molar-refractivity contribution is -0.129. The molecule has 2 fully saturated rings. The van der Waals surface area contributed by atoms with E-state index in [-0.39, 0.29) is 23.8 Å². The van der Waals surface area contributed by atoms with Gasteiger partial charge in [-0.15, -0.1) is 0 Å². The summed E-state index contributed by atoms with van der Waals surface area (Å²) >= 11 is 3.39. The van der Waals surface area contributed by atoms with Gasteiger partial charge in [-0.1, -0.05) is 54.6 Å². The van der Waals surface area contributed by atoms with Crippen molar-refractivity contribution in [1.29, 1.82) is 0 Å². The quantitative estimate of drug-likeness (QED) is 0.254. The molecule has 0 unspecified atom stereocenters. The van der Waals surface area contributed by atoms with Crippen LogP contribution in [0.5, 0.6) is 5.75 Å². The van der Waals surface area contributed by atoms with Crippen molar-refractivity contribution in [1.82, 2.24) is 15.1 Å². The molecule has 6 rings (SSSR count). The Kier molecular flexibility index (Phi) is 8.81. The van der Waals surface area contributed by atoms with Gasteiger partial charge in [0, 0.05) is 37.3 Å². The van der Waals surface area contributed by atoms with Gasteiger partial charge in [0.25, 0.3) is 5.91 Å². The molecule has 1 saturated heterocycles. The Bertz CT molecular complexity index is 1510. The van der Waals surface area contributed by atoms with Crippen molar-refractivity contribution in [2.75, 3.05) is 19.7 Å². The Morgan fingerprint density at radius 1 is 1.02 bits per heavy atom. The Morgan fingerprint density at radius 2 is 1.79 bits per heavy atom. The first-order valence-corrected chi connectivity index (χ1v) is 15.7. The van der Waals surface area contributed by atoms with E-state index in [1.807, 2.05) is 35.2 Å². The van der Waals surface area contributed by atoms with Gasteiger partial charge in [-0.25, -0.2) is 9.18 Å². The van der Waals surface area contributed by atoms with Crippen LogP contribution in [0.1, 0.15) is 42.4 Å². The monoisotopic (exact) mass is 647 g/mol. The highest BCUT2D eigenvalue weighted by Crippen LogP contribution is 2.40. The molecule has 2 bridgehead atoms. The number of rotatable bonds is 10. The van der Waals surface area contributed by atoms with Crippen molar-refractivity contribution in [3.05, 3.63) is 105 Å². The Hall–Kier alpha value is -3.69. The Balaban J connectivity index is 1.24. The van der Waals surface area contributed by atoms with Crippen LogP contribution in [0.4, 0.5) is 9.18 Å². The minimum Gasteiger partial charge on any atom is -0.492 e. The number of carboxylic acid groups (broad SMARTS) is 1. The number of halogens is 2. The van der Waals surface area contributed by atoms with E-state index in [9.17, 15) is 19.1 Å². The van der Waals surface area contributed by atoms with E-state index in [2.05, 4.69) is 45.5 Å². The van der Waals surface area contributed by atoms with Gasteiger partial charge >= 0.3 is 6.09 Å². The van der Waals surface area contributed by atoms with E-state index < -0.39 is 12.1 Å². The fourth-order valence-electron chi connectivity index (χ4n) is 6.24. The van der Waals surface area contributed by atoms with Crippen molar-refractivity contribution in [3.8, 4) is 5.75 Å². The highest BCUT2D eigenvalue weighted by molar-refractivity contribution is 9.10. The molecule has 3 aliphatic rings. The molecule has 3 aromatic rings. The number of nitrogens with one attached hydrogen (secondary N) is 1. The van der Waals surface area contributed by atoms with E-state index in [0.29, 0.717) is 44.0 Å². The van der Waals surface area contributed by atoms with E-state index in [1.54, 1.807) is 6.07 Å². The number of piperazine rings is 1. The zero-order valence-electron chi connectivity index (χ0n) is 23.8. The van der Waals surface area contributed by atoms with E-state index in [4.69, 9.17) is 4.74 Å². The van der Waals surface area contributed by atoms with E-state index in [0.717, 1.165) is 52.4 Å². The average Bonchev–Trinajstić information content (AvgIpc) is 3.85. The van der Waals surface area contributed by atoms with Gasteiger partial charge in [0.1, 0.15) is 11.6 Å². The van der Waals surface area contributed by atoms with Crippen molar-refractivity contribution in [2.24, 2.45) is 0 Å². The van der Waals surface area contributed by atoms with Gasteiger partial charge in [-0.3, -0.25) is 9.69 Å². The summed E-state index contributed by atoms with van der Waals surface area (Å²) in [6.45, 7) is 1.93. The van der Waals surface area contributed by atoms with Gasteiger partial charge in [0.15, 0.2) is 0 Å². The van der Waals surface area contributed by atoms with Crippen molar-refractivity contribution >= 4 is 33.5 Å². The van der Waals surface area contributed by atoms with Crippen LogP contribution in [0.3, 0.4) is 0 Å². The Labute approximate surface area is 259 Å². The largest absolute Gasteiger partial charge is 0.492 e. The van der Waals surface area contributed by atoms with Crippen LogP contribution in [-0.4, -0.2) is 64.7 Å². The lowest BCUT2D eigenvalue weighted by Gasteiger charge is -2.47. The highest BCUT2D eigenvalue weighted by Gasteiger charge is 2.46. The summed E-state index contributed by atoms with van der Waals surface area (Å²) in [4.78, 5) is 30.3. The molecule has 2 heterocycles. The molecule has 9 heteroatoms. The molecule has 0 aromatic heterocycles. The molecule has 2 N–H and O–H groups in total. The normalized spacial score (nSPS) is 19.7. The van der Waals surface area contributed by atoms with Gasteiger partial charge in [-0.2, -0.15) is 0 Å². The van der Waals surface area contributed by atoms with Crippen molar-refractivity contribution < 1.29 is 23.8 Å². The molecule has 3 aromatic carbocycles. The Morgan fingerprint density at radius 3 is 2.51 bits per heavy atom. The number of benzene rings is 3. The molecular weight excluding hydrogens is 613 g/mol. The molecule has 7 nitrogen and oxygen atoms in total. The zero-order chi connectivity index (χ0) is 29.9. The average molecular weight is 649 g/mol. The maximum atomic E-state index is 14.4. The van der Waals surface area contributed by atoms with Crippen LogP contribution >= 0.6 is 15.9 Å². The number of carbonyl (C=O) groups excluding carboxylic acids is 1. The topological polar surface area (TPSA) is 82.1 Å². The van der Waals surface area contributed by atoms with E-state index >= 15 is 0 Å². The predicted molar refractivity (Wildman–Crippen MR) is 166 cm³/mol. The standard InChI is InChI=1S/C34H35BrFN3O4/c35-29-15-12-25(36)17-31(29)43-16-4-7-22-8-10-24(11-9-22)28-18-27-19-37-20-30(39(27)34(41)42)32(28)33(40)38(26-13-14-26)21-23-5-2-1-3-6-23/h1-3,5-6,8-12,15,17,26-27,30,37H,4,7,13-14,16,18-21H2,(H,41,42)/t27-,30-/m1/s1. The molecule has 2 aliphatic heterocycles. The van der Waals surface area contributed by atoms with Gasteiger partial charge in [0.05, 0.1) is 23.2 Å². The predicted octanol–water partition coefficient (Wildman–Crippen LogP) is 6.27. The lowest BCUT2D eigenvalue weighted by Crippen LogP contribution is -2.63. The SMILES string of the molecule is O=C(C1=C(c2ccc(CCCOc3cc(F)ccc3Br)cc2)C[C@@H]2CNC[C@H]1N2C(=O)O)N(Cc1ccccc1)C1CC1. The second-order valence-electron chi connectivity index (χ2n) is 11.5. The third kappa shape index (κ3) is 6.63. The van der Waals surface area contributed by atoms with Crippen LogP contribution in [0.25, 0.3) is 5.57 Å². The first-order valence-electron chi connectivity index (χ1n) is 14.9. The molecule has 43 heavy (non-hydrogen) atoms. The first-order chi connectivity index (χ1) is 20.9. The highest BCUT2D eigenvalue weighted by atomic mass is 79.9. The number of hydrogen-bond acceptors (Lipinski definition) is 4. The number of fused-ring (bicyclic) bond motifs is 2. The van der Waals surface area contributed by atoms with Gasteiger partial charge < -0.3 is 20.1 Å². The number of hydrogen-bond donors (Lipinski definition) is 2. The smallest absolute Gasteiger partial charge is 0.408 e. The number of amides is 2. The summed E-state index contributed by atoms with van der Waals surface area (Å²) in [5.74, 6) is 0.0830. The van der Waals surface area contributed by atoms with Crippen LogP contribution in [0, 0.1) is 5.82 Å². The summed E-state index contributed by atoms with van der Waals surface area (Å²) in [5, 5.41) is 13.5. The second-order valence-corrected chi connectivity index (χ2v) is 12.3. The summed E-state index contributed by atoms with van der Waals surface area (Å²) in [6, 6.07) is 22.0. The fraction of sp³-hybridized carbons (Fsp3) is 0.353. The third-order valence-electron chi connectivity index (χ3n) is 8.50. The molecule has 2 amide bonds. The van der Waals surface area contributed by atoms with Gasteiger partial charge in [-0.05, 0) is 82.4 Å². The summed E-state index contributed by atoms with van der Waals surface area (Å²) < 4.78 is 20.0. The minimum absolute atomic E-state index is 0.0653. The molecule has 224 valence electrons. The molecule has 2 atom stereocenters. The second kappa shape index (κ2) is 12.9. The minimum atomic E-state index is -0.982. The van der Waals surface area contributed by atoms with Crippen LogP contribution in [0.15, 0.2) is 82.8 Å². The molecule has 1 saturated carbocycles. The molecular formula is C34H35BrFN3O4. The summed E-state index contributed by atoms with van der Waals surface area (Å²) in [7, 11) is 0. The van der Waals surface area contributed by atoms with E-state index in [1.165, 1.54) is 17.0 Å². The van der Waals surface area contributed by atoms with Crippen LogP contribution in [0.2, 0.25) is 0 Å². The van der Waals surface area contributed by atoms with Crippen LogP contribution < -0.4 is 10.1 Å². The number of carbonyl (C=O) groups is 2. The van der Waals surface area contributed by atoms with Crippen molar-refractivity contribution in [2.45, 2.75) is 56.8 Å². The summed E-state index contributed by atoms with van der Waals surface area (Å²) in [6.07, 6.45) is 2.97. The zero-order valence-corrected chi connectivity index (χ0v) is 25.4. The third-order valence-corrected chi connectivity index (χ3v) is 9.16. The number of aryl methyl sites for hydroxylation is 1. The number of ether oxygens (including phenoxy) is 1. The first kappa shape index (κ1) is 29.4. The fourth-order valence-corrected chi connectivity index (χ4v) is 6.60. The number of nitrogens with zero attached hydrogens (tertiary/aromatic N) is 2. The maximum absolute atomic E-state index is 14.4.